The molecule has 0 aliphatic carbocycles. The van der Waals surface area contributed by atoms with Crippen LogP contribution >= 0.6 is 0 Å². The number of aromatic carboxylic acids is 1. The van der Waals surface area contributed by atoms with Crippen LogP contribution in [0.4, 0.5) is 0 Å². The van der Waals surface area contributed by atoms with Gasteiger partial charge in [0, 0.05) is 26.2 Å². The largest absolute Gasteiger partial charge is 0.476 e. The van der Waals surface area contributed by atoms with E-state index in [-0.39, 0.29) is 5.69 Å². The Labute approximate surface area is 113 Å². The Kier molecular flexibility index (Phi) is 4.93. The summed E-state index contributed by atoms with van der Waals surface area (Å²) < 4.78 is 7.15. The standard InChI is InChI=1S/C13H21N3O3/c1-2-3-4-16-11(9-12(14-16)13(17)18)10-15-5-7-19-8-6-15/h9H,2-8,10H2,1H3,(H,17,18). The molecule has 1 N–H and O–H groups in total. The fourth-order valence-corrected chi connectivity index (χ4v) is 2.18. The van der Waals surface area contributed by atoms with E-state index in [1.54, 1.807) is 6.07 Å². The van der Waals surface area contributed by atoms with Crippen molar-refractivity contribution in [3.8, 4) is 0 Å². The van der Waals surface area contributed by atoms with Gasteiger partial charge in [0.05, 0.1) is 18.9 Å². The molecule has 2 heterocycles. The summed E-state index contributed by atoms with van der Waals surface area (Å²) in [7, 11) is 0. The summed E-state index contributed by atoms with van der Waals surface area (Å²) in [6.45, 7) is 6.91. The lowest BCUT2D eigenvalue weighted by Gasteiger charge is -2.26. The van der Waals surface area contributed by atoms with Gasteiger partial charge >= 0.3 is 5.97 Å². The van der Waals surface area contributed by atoms with E-state index in [1.165, 1.54) is 0 Å². The van der Waals surface area contributed by atoms with Crippen molar-refractivity contribution in [1.82, 2.24) is 14.7 Å². The van der Waals surface area contributed by atoms with Gasteiger partial charge in [-0.05, 0) is 12.5 Å². The van der Waals surface area contributed by atoms with Crippen LogP contribution in [-0.4, -0.2) is 52.1 Å². The number of hydrogen-bond donors (Lipinski definition) is 1. The first-order valence-corrected chi connectivity index (χ1v) is 6.81. The number of hydrogen-bond acceptors (Lipinski definition) is 4. The van der Waals surface area contributed by atoms with Gasteiger partial charge in [0.2, 0.25) is 0 Å². The van der Waals surface area contributed by atoms with Gasteiger partial charge in [-0.1, -0.05) is 13.3 Å². The molecule has 6 heteroatoms. The van der Waals surface area contributed by atoms with E-state index in [2.05, 4.69) is 16.9 Å². The molecule has 1 aromatic rings. The van der Waals surface area contributed by atoms with Crippen molar-refractivity contribution >= 4 is 5.97 Å². The quantitative estimate of drug-likeness (QED) is 0.839. The van der Waals surface area contributed by atoms with Crippen molar-refractivity contribution in [2.45, 2.75) is 32.9 Å². The summed E-state index contributed by atoms with van der Waals surface area (Å²) in [5, 5.41) is 13.2. The molecule has 0 radical (unpaired) electrons. The molecule has 1 saturated heterocycles. The molecule has 1 aromatic heterocycles. The van der Waals surface area contributed by atoms with Crippen molar-refractivity contribution < 1.29 is 14.6 Å². The number of ether oxygens (including phenoxy) is 1. The first-order valence-electron chi connectivity index (χ1n) is 6.81. The predicted molar refractivity (Wildman–Crippen MR) is 70.2 cm³/mol. The van der Waals surface area contributed by atoms with Gasteiger partial charge in [0.1, 0.15) is 0 Å². The second-order valence-electron chi connectivity index (χ2n) is 4.79. The highest BCUT2D eigenvalue weighted by molar-refractivity contribution is 5.85. The lowest BCUT2D eigenvalue weighted by Crippen LogP contribution is -2.36. The zero-order valence-corrected chi connectivity index (χ0v) is 11.3. The smallest absolute Gasteiger partial charge is 0.356 e. The maximum absolute atomic E-state index is 11.0. The number of rotatable bonds is 6. The van der Waals surface area contributed by atoms with E-state index in [9.17, 15) is 4.79 Å². The van der Waals surface area contributed by atoms with Crippen LogP contribution in [0, 0.1) is 0 Å². The van der Waals surface area contributed by atoms with Gasteiger partial charge < -0.3 is 9.84 Å². The fraction of sp³-hybridized carbons (Fsp3) is 0.692. The highest BCUT2D eigenvalue weighted by atomic mass is 16.5. The van der Waals surface area contributed by atoms with Crippen LogP contribution in [0.25, 0.3) is 0 Å². The molecule has 0 atom stereocenters. The number of morpholine rings is 1. The number of nitrogens with zero attached hydrogens (tertiary/aromatic N) is 3. The van der Waals surface area contributed by atoms with E-state index in [1.807, 2.05) is 4.68 Å². The summed E-state index contributed by atoms with van der Waals surface area (Å²) in [6, 6.07) is 1.69. The minimum Gasteiger partial charge on any atom is -0.476 e. The van der Waals surface area contributed by atoms with E-state index in [4.69, 9.17) is 9.84 Å². The monoisotopic (exact) mass is 267 g/mol. The first-order chi connectivity index (χ1) is 9.20. The second-order valence-corrected chi connectivity index (χ2v) is 4.79. The molecule has 1 aliphatic heterocycles. The maximum atomic E-state index is 11.0. The second kappa shape index (κ2) is 6.68. The molecule has 0 saturated carbocycles. The van der Waals surface area contributed by atoms with Crippen molar-refractivity contribution in [2.24, 2.45) is 0 Å². The SMILES string of the molecule is CCCCn1nc(C(=O)O)cc1CN1CCOCC1. The molecule has 1 fully saturated rings. The molecule has 106 valence electrons. The summed E-state index contributed by atoms with van der Waals surface area (Å²) in [5.41, 5.74) is 1.12. The molecular weight excluding hydrogens is 246 g/mol. The van der Waals surface area contributed by atoms with Crippen molar-refractivity contribution in [3.05, 3.63) is 17.5 Å². The van der Waals surface area contributed by atoms with E-state index < -0.39 is 5.97 Å². The van der Waals surface area contributed by atoms with Gasteiger partial charge in [-0.2, -0.15) is 5.10 Å². The molecule has 19 heavy (non-hydrogen) atoms. The minimum atomic E-state index is -0.960. The summed E-state index contributed by atoms with van der Waals surface area (Å²) in [4.78, 5) is 13.3. The van der Waals surface area contributed by atoms with Crippen LogP contribution < -0.4 is 0 Å². The summed E-state index contributed by atoms with van der Waals surface area (Å²) in [6.07, 6.45) is 2.08. The van der Waals surface area contributed by atoms with Gasteiger partial charge in [-0.25, -0.2) is 4.79 Å². The number of unbranched alkanes of at least 4 members (excludes halogenated alkanes) is 1. The summed E-state index contributed by atoms with van der Waals surface area (Å²) in [5.74, 6) is -0.960. The predicted octanol–water partition coefficient (Wildman–Crippen LogP) is 1.21. The van der Waals surface area contributed by atoms with Crippen LogP contribution in [0.5, 0.6) is 0 Å². The number of carbonyl (C=O) groups is 1. The molecule has 1 aliphatic rings. The third kappa shape index (κ3) is 3.78. The van der Waals surface area contributed by atoms with E-state index in [0.29, 0.717) is 0 Å². The molecule has 2 rings (SSSR count). The first kappa shape index (κ1) is 14.0. The molecule has 0 aromatic carbocycles. The minimum absolute atomic E-state index is 0.138. The van der Waals surface area contributed by atoms with Crippen LogP contribution in [0.1, 0.15) is 35.9 Å². The fourth-order valence-electron chi connectivity index (χ4n) is 2.18. The Morgan fingerprint density at radius 2 is 2.21 bits per heavy atom. The Bertz CT molecular complexity index is 425. The third-order valence-electron chi connectivity index (χ3n) is 3.30. The normalized spacial score (nSPS) is 16.7. The van der Waals surface area contributed by atoms with Crippen LogP contribution in [-0.2, 0) is 17.8 Å². The van der Waals surface area contributed by atoms with Gasteiger partial charge in [-0.15, -0.1) is 0 Å². The summed E-state index contributed by atoms with van der Waals surface area (Å²) >= 11 is 0. The molecule has 0 spiro atoms. The highest BCUT2D eigenvalue weighted by Crippen LogP contribution is 2.11. The average Bonchev–Trinajstić information content (AvgIpc) is 2.81. The lowest BCUT2D eigenvalue weighted by molar-refractivity contribution is 0.0330. The third-order valence-corrected chi connectivity index (χ3v) is 3.30. The number of carboxylic acid groups (broad SMARTS) is 1. The Hall–Kier alpha value is -1.40. The zero-order valence-electron chi connectivity index (χ0n) is 11.3. The highest BCUT2D eigenvalue weighted by Gasteiger charge is 2.17. The van der Waals surface area contributed by atoms with Crippen molar-refractivity contribution in [1.29, 1.82) is 0 Å². The number of aryl methyl sites for hydroxylation is 1. The van der Waals surface area contributed by atoms with Crippen LogP contribution in [0.15, 0.2) is 6.07 Å². The van der Waals surface area contributed by atoms with Gasteiger partial charge in [0.15, 0.2) is 5.69 Å². The average molecular weight is 267 g/mol. The topological polar surface area (TPSA) is 67.6 Å². The van der Waals surface area contributed by atoms with Crippen molar-refractivity contribution in [3.63, 3.8) is 0 Å². The number of carboxylic acids is 1. The van der Waals surface area contributed by atoms with Gasteiger partial charge in [0.25, 0.3) is 0 Å². The zero-order chi connectivity index (χ0) is 13.7. The lowest BCUT2D eigenvalue weighted by atomic mass is 10.3. The molecule has 0 bridgehead atoms. The molecule has 0 amide bonds. The van der Waals surface area contributed by atoms with Crippen molar-refractivity contribution in [2.75, 3.05) is 26.3 Å². The van der Waals surface area contributed by atoms with Crippen LogP contribution in [0.2, 0.25) is 0 Å². The Morgan fingerprint density at radius 1 is 1.47 bits per heavy atom. The molecule has 0 unspecified atom stereocenters. The molecular formula is C13H21N3O3. The van der Waals surface area contributed by atoms with Gasteiger partial charge in [-0.3, -0.25) is 9.58 Å². The maximum Gasteiger partial charge on any atom is 0.356 e. The Morgan fingerprint density at radius 3 is 2.84 bits per heavy atom. The Balaban J connectivity index is 2.08. The molecule has 6 nitrogen and oxygen atoms in total. The number of aromatic nitrogens is 2. The van der Waals surface area contributed by atoms with E-state index in [0.717, 1.165) is 57.9 Å². The van der Waals surface area contributed by atoms with Crippen LogP contribution in [0.3, 0.4) is 0 Å². The van der Waals surface area contributed by atoms with E-state index >= 15 is 0 Å².